The number of carbonyl (C=O) groups excluding carboxylic acids is 1. The Morgan fingerprint density at radius 1 is 1.00 bits per heavy atom. The van der Waals surface area contributed by atoms with Crippen molar-refractivity contribution in [2.75, 3.05) is 6.61 Å². The Bertz CT molecular complexity index is 950. The van der Waals surface area contributed by atoms with Gasteiger partial charge in [-0.15, -0.1) is 0 Å². The Morgan fingerprint density at radius 2 is 1.64 bits per heavy atom. The maximum atomic E-state index is 12.9. The maximum Gasteiger partial charge on any atom is 0.410 e. The van der Waals surface area contributed by atoms with E-state index >= 15 is 0 Å². The number of hydrogen-bond acceptors (Lipinski definition) is 3. The van der Waals surface area contributed by atoms with Gasteiger partial charge in [0.2, 0.25) is 0 Å². The zero-order valence-electron chi connectivity index (χ0n) is 15.4. The molecular weight excluding hydrogens is 354 g/mol. The fourth-order valence-corrected chi connectivity index (χ4v) is 4.99. The van der Waals surface area contributed by atoms with Crippen molar-refractivity contribution in [2.45, 2.75) is 37.3 Å². The van der Waals surface area contributed by atoms with Gasteiger partial charge in [0.25, 0.3) is 0 Å². The van der Waals surface area contributed by atoms with Crippen molar-refractivity contribution < 1.29 is 19.4 Å². The molecule has 0 radical (unpaired) electrons. The standard InChI is InChI=1S/C23H21NO4/c25-22(26)19-11-9-14-10-12-21(19)24(14)23(27)28-13-20-17-7-3-1-5-15(17)16-6-2-4-8-18(16)20/h1-8,11,14,20-21H,9-10,12-13H2,(H,25,26)/t14-,21-/m0/s1. The summed E-state index contributed by atoms with van der Waals surface area (Å²) < 4.78 is 5.75. The van der Waals surface area contributed by atoms with E-state index in [2.05, 4.69) is 24.3 Å². The van der Waals surface area contributed by atoms with E-state index in [4.69, 9.17) is 4.74 Å². The average Bonchev–Trinajstić information content (AvgIpc) is 3.19. The minimum Gasteiger partial charge on any atom is -0.478 e. The topological polar surface area (TPSA) is 66.8 Å². The van der Waals surface area contributed by atoms with E-state index in [1.807, 2.05) is 24.3 Å². The third-order valence-corrected chi connectivity index (χ3v) is 6.27. The van der Waals surface area contributed by atoms with Crippen LogP contribution in [0.2, 0.25) is 0 Å². The molecule has 2 aromatic carbocycles. The van der Waals surface area contributed by atoms with Crippen LogP contribution in [0.3, 0.4) is 0 Å². The Kier molecular flexibility index (Phi) is 3.97. The SMILES string of the molecule is O=C(O)C1=CC[C@H]2CC[C@@H]1N2C(=O)OCC1c2ccccc2-c2ccccc21. The molecule has 3 aliphatic rings. The van der Waals surface area contributed by atoms with E-state index in [-0.39, 0.29) is 24.6 Å². The smallest absolute Gasteiger partial charge is 0.410 e. The van der Waals surface area contributed by atoms with Crippen LogP contribution in [0.1, 0.15) is 36.3 Å². The number of hydrogen-bond donors (Lipinski definition) is 1. The molecule has 0 aromatic heterocycles. The van der Waals surface area contributed by atoms with Crippen molar-refractivity contribution in [3.8, 4) is 11.1 Å². The quantitative estimate of drug-likeness (QED) is 0.874. The van der Waals surface area contributed by atoms with E-state index in [0.717, 1.165) is 6.42 Å². The summed E-state index contributed by atoms with van der Waals surface area (Å²) >= 11 is 0. The van der Waals surface area contributed by atoms with Gasteiger partial charge in [-0.3, -0.25) is 4.90 Å². The molecule has 2 heterocycles. The second-order valence-corrected chi connectivity index (χ2v) is 7.66. The molecule has 28 heavy (non-hydrogen) atoms. The van der Waals surface area contributed by atoms with Gasteiger partial charge in [-0.05, 0) is 41.5 Å². The third-order valence-electron chi connectivity index (χ3n) is 6.27. The second kappa shape index (κ2) is 6.51. The van der Waals surface area contributed by atoms with Crippen LogP contribution in [0, 0.1) is 0 Å². The lowest BCUT2D eigenvalue weighted by atomic mass is 9.98. The monoisotopic (exact) mass is 375 g/mol. The second-order valence-electron chi connectivity index (χ2n) is 7.66. The van der Waals surface area contributed by atoms with Gasteiger partial charge in [0, 0.05) is 12.0 Å². The molecule has 2 atom stereocenters. The number of ether oxygens (including phenoxy) is 1. The summed E-state index contributed by atoms with van der Waals surface area (Å²) in [6.45, 7) is 0.259. The van der Waals surface area contributed by atoms with Crippen molar-refractivity contribution in [1.29, 1.82) is 0 Å². The molecule has 1 saturated heterocycles. The minimum absolute atomic E-state index is 0.00767. The predicted octanol–water partition coefficient (Wildman–Crippen LogP) is 4.18. The van der Waals surface area contributed by atoms with Crippen molar-refractivity contribution >= 4 is 12.1 Å². The minimum atomic E-state index is -0.943. The van der Waals surface area contributed by atoms with Crippen molar-refractivity contribution in [3.63, 3.8) is 0 Å². The summed E-state index contributed by atoms with van der Waals surface area (Å²) in [6, 6.07) is 16.1. The van der Waals surface area contributed by atoms with E-state index < -0.39 is 12.1 Å². The van der Waals surface area contributed by atoms with Crippen LogP contribution in [-0.2, 0) is 9.53 Å². The summed E-state index contributed by atoms with van der Waals surface area (Å²) in [7, 11) is 0. The molecular formula is C23H21NO4. The number of carbonyl (C=O) groups is 2. The molecule has 2 aromatic rings. The summed E-state index contributed by atoms with van der Waals surface area (Å²) in [5, 5.41) is 9.43. The van der Waals surface area contributed by atoms with Gasteiger partial charge < -0.3 is 9.84 Å². The number of carboxylic acid groups (broad SMARTS) is 1. The van der Waals surface area contributed by atoms with E-state index in [0.29, 0.717) is 18.4 Å². The lowest BCUT2D eigenvalue weighted by Gasteiger charge is -2.33. The molecule has 142 valence electrons. The number of benzene rings is 2. The summed E-state index contributed by atoms with van der Waals surface area (Å²) in [4.78, 5) is 26.0. The van der Waals surface area contributed by atoms with Crippen LogP contribution in [0.5, 0.6) is 0 Å². The molecule has 0 saturated carbocycles. The Balaban J connectivity index is 1.37. The normalized spacial score (nSPS) is 22.4. The lowest BCUT2D eigenvalue weighted by Crippen LogP contribution is -2.46. The predicted molar refractivity (Wildman–Crippen MR) is 104 cm³/mol. The first-order valence-corrected chi connectivity index (χ1v) is 9.72. The number of carboxylic acids is 1. The summed E-state index contributed by atoms with van der Waals surface area (Å²) in [6.07, 6.45) is 3.45. The lowest BCUT2D eigenvalue weighted by molar-refractivity contribution is -0.133. The average molecular weight is 375 g/mol. The van der Waals surface area contributed by atoms with E-state index in [1.165, 1.54) is 22.3 Å². The molecule has 1 fully saturated rings. The first-order chi connectivity index (χ1) is 13.6. The molecule has 5 rings (SSSR count). The van der Waals surface area contributed by atoms with E-state index in [9.17, 15) is 14.7 Å². The highest BCUT2D eigenvalue weighted by atomic mass is 16.6. The molecule has 1 amide bonds. The zero-order chi connectivity index (χ0) is 19.3. The van der Waals surface area contributed by atoms with Gasteiger partial charge in [-0.25, -0.2) is 9.59 Å². The largest absolute Gasteiger partial charge is 0.478 e. The highest BCUT2D eigenvalue weighted by Crippen LogP contribution is 2.45. The maximum absolute atomic E-state index is 12.9. The molecule has 1 N–H and O–H groups in total. The van der Waals surface area contributed by atoms with Gasteiger partial charge in [0.05, 0.1) is 11.6 Å². The first-order valence-electron chi connectivity index (χ1n) is 9.72. The van der Waals surface area contributed by atoms with Gasteiger partial charge in [0.15, 0.2) is 0 Å². The van der Waals surface area contributed by atoms with Crippen LogP contribution < -0.4 is 0 Å². The van der Waals surface area contributed by atoms with E-state index in [1.54, 1.807) is 11.0 Å². The highest BCUT2D eigenvalue weighted by molar-refractivity contribution is 5.89. The van der Waals surface area contributed by atoms with Crippen LogP contribution in [0.15, 0.2) is 60.2 Å². The number of amides is 1. The molecule has 0 unspecified atom stereocenters. The van der Waals surface area contributed by atoms with Gasteiger partial charge in [-0.1, -0.05) is 54.6 Å². The fraction of sp³-hybridized carbons (Fsp3) is 0.304. The van der Waals surface area contributed by atoms with Crippen LogP contribution >= 0.6 is 0 Å². The van der Waals surface area contributed by atoms with Gasteiger partial charge >= 0.3 is 12.1 Å². The molecule has 2 bridgehead atoms. The Morgan fingerprint density at radius 3 is 2.29 bits per heavy atom. The molecule has 1 aliphatic carbocycles. The number of fused-ring (bicyclic) bond motifs is 5. The molecule has 2 aliphatic heterocycles. The zero-order valence-corrected chi connectivity index (χ0v) is 15.4. The van der Waals surface area contributed by atoms with Gasteiger partial charge in [-0.2, -0.15) is 0 Å². The van der Waals surface area contributed by atoms with Crippen molar-refractivity contribution in [2.24, 2.45) is 0 Å². The molecule has 0 spiro atoms. The highest BCUT2D eigenvalue weighted by Gasteiger charge is 2.44. The number of aliphatic carboxylic acids is 1. The molecule has 5 heteroatoms. The number of rotatable bonds is 3. The van der Waals surface area contributed by atoms with Crippen molar-refractivity contribution in [1.82, 2.24) is 4.90 Å². The van der Waals surface area contributed by atoms with Crippen LogP contribution in [0.25, 0.3) is 11.1 Å². The molecule has 5 nitrogen and oxygen atoms in total. The fourth-order valence-electron chi connectivity index (χ4n) is 4.99. The van der Waals surface area contributed by atoms with Crippen LogP contribution in [-0.4, -0.2) is 40.8 Å². The van der Waals surface area contributed by atoms with Gasteiger partial charge in [0.1, 0.15) is 6.61 Å². The Labute approximate surface area is 163 Å². The summed E-state index contributed by atoms with van der Waals surface area (Å²) in [5.74, 6) is -0.935. The van der Waals surface area contributed by atoms with Crippen molar-refractivity contribution in [3.05, 3.63) is 71.3 Å². The van der Waals surface area contributed by atoms with Crippen LogP contribution in [0.4, 0.5) is 4.79 Å². The summed E-state index contributed by atoms with van der Waals surface area (Å²) in [5.41, 5.74) is 5.04. The number of nitrogens with zero attached hydrogens (tertiary/aromatic N) is 1. The first kappa shape index (κ1) is 17.0. The third kappa shape index (κ3) is 2.53. The Hall–Kier alpha value is -3.08.